The average molecular weight is 413 g/mol. The van der Waals surface area contributed by atoms with Crippen LogP contribution in [0.5, 0.6) is 0 Å². The highest BCUT2D eigenvalue weighted by atomic mass is 19.1. The van der Waals surface area contributed by atoms with Gasteiger partial charge < -0.3 is 10.2 Å². The summed E-state index contributed by atoms with van der Waals surface area (Å²) in [5, 5.41) is 2.79. The molecule has 4 amide bonds. The smallest absolute Gasteiger partial charge is 0.325 e. The van der Waals surface area contributed by atoms with Crippen LogP contribution in [0.25, 0.3) is 0 Å². The van der Waals surface area contributed by atoms with Gasteiger partial charge in [-0.1, -0.05) is 29.8 Å². The molecule has 1 spiro atoms. The van der Waals surface area contributed by atoms with E-state index >= 15 is 0 Å². The zero-order valence-electron chi connectivity index (χ0n) is 16.5. The summed E-state index contributed by atoms with van der Waals surface area (Å²) in [6, 6.07) is 9.95. The molecule has 2 aromatic rings. The van der Waals surface area contributed by atoms with Gasteiger partial charge in [-0.3, -0.25) is 14.5 Å². The number of rotatable bonds is 3. The Balaban J connectivity index is 1.44. The van der Waals surface area contributed by atoms with Crippen molar-refractivity contribution in [3.05, 3.63) is 70.8 Å². The summed E-state index contributed by atoms with van der Waals surface area (Å²) in [6.45, 7) is 2.50. The van der Waals surface area contributed by atoms with Gasteiger partial charge in [-0.15, -0.1) is 0 Å². The minimum Gasteiger partial charge on any atom is -0.338 e. The summed E-state index contributed by atoms with van der Waals surface area (Å²) >= 11 is 0. The Morgan fingerprint density at radius 3 is 2.37 bits per heavy atom. The Kier molecular flexibility index (Phi) is 5.01. The van der Waals surface area contributed by atoms with Gasteiger partial charge in [-0.25, -0.2) is 13.6 Å². The van der Waals surface area contributed by atoms with E-state index in [9.17, 15) is 23.2 Å². The molecule has 156 valence electrons. The number of aryl methyl sites for hydroxylation is 1. The fourth-order valence-electron chi connectivity index (χ4n) is 3.96. The second kappa shape index (κ2) is 7.51. The molecule has 0 aliphatic carbocycles. The first-order chi connectivity index (χ1) is 14.3. The van der Waals surface area contributed by atoms with Crippen molar-refractivity contribution in [2.75, 3.05) is 13.1 Å². The molecule has 0 bridgehead atoms. The molecule has 2 saturated heterocycles. The molecule has 0 saturated carbocycles. The number of likely N-dealkylation sites (tertiary alicyclic amines) is 1. The third kappa shape index (κ3) is 3.53. The van der Waals surface area contributed by atoms with Crippen LogP contribution < -0.4 is 5.32 Å². The highest BCUT2D eigenvalue weighted by Gasteiger charge is 2.52. The van der Waals surface area contributed by atoms with Gasteiger partial charge in [0.15, 0.2) is 0 Å². The molecule has 2 aliphatic rings. The second-order valence-corrected chi connectivity index (χ2v) is 7.81. The van der Waals surface area contributed by atoms with E-state index in [2.05, 4.69) is 5.32 Å². The number of hydrogen-bond acceptors (Lipinski definition) is 3. The average Bonchev–Trinajstić information content (AvgIpc) is 2.94. The number of carbonyl (C=O) groups excluding carboxylic acids is 3. The third-order valence-electron chi connectivity index (χ3n) is 5.77. The molecule has 2 aromatic carbocycles. The van der Waals surface area contributed by atoms with Crippen LogP contribution in [0.1, 0.15) is 34.3 Å². The van der Waals surface area contributed by atoms with Crippen molar-refractivity contribution in [2.24, 2.45) is 0 Å². The molecule has 2 aliphatic heterocycles. The van der Waals surface area contributed by atoms with E-state index in [0.717, 1.165) is 23.3 Å². The zero-order valence-corrected chi connectivity index (χ0v) is 16.5. The van der Waals surface area contributed by atoms with Crippen LogP contribution in [0.3, 0.4) is 0 Å². The van der Waals surface area contributed by atoms with Crippen LogP contribution in [0.15, 0.2) is 42.5 Å². The summed E-state index contributed by atoms with van der Waals surface area (Å²) in [7, 11) is 0. The zero-order chi connectivity index (χ0) is 21.5. The molecule has 4 rings (SSSR count). The molecule has 0 radical (unpaired) electrons. The van der Waals surface area contributed by atoms with Crippen molar-refractivity contribution >= 4 is 17.8 Å². The highest BCUT2D eigenvalue weighted by molar-refractivity contribution is 6.07. The van der Waals surface area contributed by atoms with Crippen LogP contribution in [0.2, 0.25) is 0 Å². The van der Waals surface area contributed by atoms with Gasteiger partial charge in [0.05, 0.1) is 12.1 Å². The normalized spacial score (nSPS) is 18.1. The minimum absolute atomic E-state index is 0.177. The number of carbonyl (C=O) groups is 3. The van der Waals surface area contributed by atoms with Gasteiger partial charge >= 0.3 is 6.03 Å². The van der Waals surface area contributed by atoms with Gasteiger partial charge in [-0.2, -0.15) is 0 Å². The van der Waals surface area contributed by atoms with E-state index in [-0.39, 0.29) is 43.9 Å². The second-order valence-electron chi connectivity index (χ2n) is 7.81. The van der Waals surface area contributed by atoms with Gasteiger partial charge in [0.25, 0.3) is 11.8 Å². The van der Waals surface area contributed by atoms with Crippen molar-refractivity contribution in [3.63, 3.8) is 0 Å². The minimum atomic E-state index is -1.06. The van der Waals surface area contributed by atoms with Crippen LogP contribution in [-0.2, 0) is 11.3 Å². The van der Waals surface area contributed by atoms with E-state index in [4.69, 9.17) is 0 Å². The van der Waals surface area contributed by atoms with Crippen LogP contribution in [0, 0.1) is 18.6 Å². The molecule has 0 unspecified atom stereocenters. The molecule has 2 fully saturated rings. The van der Waals surface area contributed by atoms with Gasteiger partial charge in [0.2, 0.25) is 0 Å². The van der Waals surface area contributed by atoms with E-state index < -0.39 is 29.1 Å². The maximum absolute atomic E-state index is 13.9. The van der Waals surface area contributed by atoms with Gasteiger partial charge in [0.1, 0.15) is 17.2 Å². The van der Waals surface area contributed by atoms with Crippen molar-refractivity contribution in [1.82, 2.24) is 15.1 Å². The Hall–Kier alpha value is -3.29. The Morgan fingerprint density at radius 2 is 1.73 bits per heavy atom. The highest BCUT2D eigenvalue weighted by Crippen LogP contribution is 2.31. The molecule has 8 heteroatoms. The lowest BCUT2D eigenvalue weighted by atomic mass is 9.87. The predicted octanol–water partition coefficient (Wildman–Crippen LogP) is 3.00. The van der Waals surface area contributed by atoms with Crippen molar-refractivity contribution in [3.8, 4) is 0 Å². The lowest BCUT2D eigenvalue weighted by Gasteiger charge is -2.37. The van der Waals surface area contributed by atoms with Gasteiger partial charge in [0, 0.05) is 19.2 Å². The van der Waals surface area contributed by atoms with Crippen molar-refractivity contribution in [1.29, 1.82) is 0 Å². The van der Waals surface area contributed by atoms with Crippen LogP contribution in [0.4, 0.5) is 13.6 Å². The first-order valence-electron chi connectivity index (χ1n) is 9.73. The fraction of sp³-hybridized carbons (Fsp3) is 0.318. The number of hydrogen-bond donors (Lipinski definition) is 1. The Bertz CT molecular complexity index is 1010. The number of halogens is 2. The molecule has 0 atom stereocenters. The quantitative estimate of drug-likeness (QED) is 0.787. The number of piperidine rings is 1. The van der Waals surface area contributed by atoms with Gasteiger partial charge in [-0.05, 0) is 37.5 Å². The summed E-state index contributed by atoms with van der Waals surface area (Å²) in [6.07, 6.45) is 0.465. The molecule has 2 heterocycles. The topological polar surface area (TPSA) is 69.7 Å². The summed E-state index contributed by atoms with van der Waals surface area (Å²) in [5.41, 5.74) is 0.664. The Morgan fingerprint density at radius 1 is 1.07 bits per heavy atom. The first-order valence-corrected chi connectivity index (χ1v) is 9.73. The Labute approximate surface area is 172 Å². The van der Waals surface area contributed by atoms with Crippen LogP contribution >= 0.6 is 0 Å². The molecular weight excluding hydrogens is 392 g/mol. The molecule has 30 heavy (non-hydrogen) atoms. The lowest BCUT2D eigenvalue weighted by molar-refractivity contribution is -0.133. The van der Waals surface area contributed by atoms with Crippen molar-refractivity contribution in [2.45, 2.75) is 31.8 Å². The van der Waals surface area contributed by atoms with E-state index in [1.807, 2.05) is 31.2 Å². The summed E-state index contributed by atoms with van der Waals surface area (Å²) < 4.78 is 27.0. The number of benzene rings is 2. The molecule has 1 N–H and O–H groups in total. The summed E-state index contributed by atoms with van der Waals surface area (Å²) in [5.74, 6) is -2.55. The maximum Gasteiger partial charge on any atom is 0.325 e. The molecule has 0 aromatic heterocycles. The number of nitrogens with one attached hydrogen (secondary N) is 1. The van der Waals surface area contributed by atoms with Crippen molar-refractivity contribution < 1.29 is 23.2 Å². The fourth-order valence-corrected chi connectivity index (χ4v) is 3.96. The predicted molar refractivity (Wildman–Crippen MR) is 104 cm³/mol. The first kappa shape index (κ1) is 20.0. The number of nitrogens with zero attached hydrogens (tertiary/aromatic N) is 2. The molecular formula is C22H21F2N3O3. The third-order valence-corrected chi connectivity index (χ3v) is 5.77. The standard InChI is InChI=1S/C22H21F2N3O3/c1-14-2-4-15(5-3-14)13-27-20(29)22(25-21(27)30)8-10-26(11-9-22)19(28)17-7-6-16(23)12-18(17)24/h2-7,12H,8-11,13H2,1H3,(H,25,30). The van der Waals surface area contributed by atoms with E-state index in [1.165, 1.54) is 9.80 Å². The molecule has 6 nitrogen and oxygen atoms in total. The van der Waals surface area contributed by atoms with E-state index in [0.29, 0.717) is 6.07 Å². The SMILES string of the molecule is Cc1ccc(CN2C(=O)NC3(CCN(C(=O)c4ccc(F)cc4F)CC3)C2=O)cc1. The monoisotopic (exact) mass is 413 g/mol. The number of imide groups is 1. The number of amides is 4. The van der Waals surface area contributed by atoms with Crippen LogP contribution in [-0.4, -0.2) is 46.3 Å². The van der Waals surface area contributed by atoms with E-state index in [1.54, 1.807) is 0 Å². The maximum atomic E-state index is 13.9. The lowest BCUT2D eigenvalue weighted by Crippen LogP contribution is -2.55. The number of urea groups is 1. The summed E-state index contributed by atoms with van der Waals surface area (Å²) in [4.78, 5) is 40.7. The largest absolute Gasteiger partial charge is 0.338 e.